The van der Waals surface area contributed by atoms with E-state index in [0.29, 0.717) is 0 Å². The van der Waals surface area contributed by atoms with Crippen molar-refractivity contribution in [2.24, 2.45) is 0 Å². The molecule has 6 heteroatoms. The average Bonchev–Trinajstić information content (AvgIpc) is 2.75. The van der Waals surface area contributed by atoms with E-state index in [9.17, 15) is 0 Å². The molecule has 3 nitrogen and oxygen atoms in total. The van der Waals surface area contributed by atoms with Crippen LogP contribution in [0, 0.1) is 43.1 Å². The van der Waals surface area contributed by atoms with Gasteiger partial charge in [0.1, 0.15) is 0 Å². The van der Waals surface area contributed by atoms with Crippen molar-refractivity contribution in [2.75, 3.05) is 0 Å². The van der Waals surface area contributed by atoms with Crippen LogP contribution in [0.2, 0.25) is 0 Å². The third-order valence-corrected chi connectivity index (χ3v) is 2.47. The third-order valence-electron chi connectivity index (χ3n) is 2.47. The molecule has 0 saturated heterocycles. The van der Waals surface area contributed by atoms with Crippen molar-refractivity contribution in [3.8, 4) is 0 Å². The summed E-state index contributed by atoms with van der Waals surface area (Å²) in [5, 5.41) is 0. The van der Waals surface area contributed by atoms with Gasteiger partial charge in [0.05, 0.1) is 0 Å². The van der Waals surface area contributed by atoms with E-state index in [1.165, 1.54) is 11.1 Å². The Morgan fingerprint density at radius 1 is 0.485 bits per heavy atom. The van der Waals surface area contributed by atoms with E-state index < -0.39 is 0 Å². The van der Waals surface area contributed by atoms with Crippen LogP contribution in [0.4, 0.5) is 0 Å². The largest absolute Gasteiger partial charge is 0.358 e. The Morgan fingerprint density at radius 2 is 0.970 bits per heavy atom. The zero-order chi connectivity index (χ0) is 21.3. The zero-order valence-electron chi connectivity index (χ0n) is 23.5. The van der Waals surface area contributed by atoms with Gasteiger partial charge in [0.15, 0.2) is 0 Å². The van der Waals surface area contributed by atoms with Crippen LogP contribution < -0.4 is 0 Å². The van der Waals surface area contributed by atoms with Crippen LogP contribution in [0.3, 0.4) is 0 Å². The molecule has 3 rings (SSSR count). The molecule has 0 aromatic carbocycles. The summed E-state index contributed by atoms with van der Waals surface area (Å²) in [6.07, 6.45) is 8.97. The Bertz CT molecular complexity index is 508. The summed E-state index contributed by atoms with van der Waals surface area (Å²) in [4.78, 5) is 11.7. The van der Waals surface area contributed by atoms with Gasteiger partial charge in [-0.1, -0.05) is 53.7 Å². The van der Waals surface area contributed by atoms with Gasteiger partial charge in [0, 0.05) is 135 Å². The van der Waals surface area contributed by atoms with Crippen molar-refractivity contribution in [3.05, 3.63) is 113 Å². The van der Waals surface area contributed by atoms with Crippen molar-refractivity contribution in [1.29, 1.82) is 0 Å². The standard InChI is InChI=1S/3C6H7N.3C2H6.3CH3.3Y/c1-6-2-4-7-5-3-6;1-6-3-2-4-7-5-6;1-6-4-2-3-5-7-6;3*1-2;;;;;;/h3*2-5H,1H3;3*1-2H3;3*1H3;;;/q;;;;;;3*-1;;;. The summed E-state index contributed by atoms with van der Waals surface area (Å²) in [6, 6.07) is 13.7. The second kappa shape index (κ2) is 53.9. The van der Waals surface area contributed by atoms with E-state index in [0.717, 1.165) is 5.69 Å². The minimum Gasteiger partial charge on any atom is -0.358 e. The van der Waals surface area contributed by atoms with Gasteiger partial charge in [-0.05, 0) is 62.2 Å². The van der Waals surface area contributed by atoms with Crippen LogP contribution in [0.15, 0.2) is 73.4 Å². The van der Waals surface area contributed by atoms with Crippen molar-refractivity contribution in [3.63, 3.8) is 0 Å². The van der Waals surface area contributed by atoms with Crippen molar-refractivity contribution in [2.45, 2.75) is 62.3 Å². The molecule has 0 saturated carbocycles. The molecule has 0 unspecified atom stereocenters. The molecular weight excluding hydrogens is 633 g/mol. The number of pyridine rings is 3. The number of hydrogen-bond acceptors (Lipinski definition) is 3. The SMILES string of the molecule is CC.CC.CC.Cc1ccccn1.Cc1cccnc1.Cc1ccncc1.[CH3-].[CH3-].[CH3-].[Y].[Y].[Y]. The monoisotopic (exact) mass is 681 g/mol. The first-order chi connectivity index (χ1) is 13.2. The number of hydrogen-bond donors (Lipinski definition) is 0. The number of rotatable bonds is 0. The fourth-order valence-corrected chi connectivity index (χ4v) is 1.32. The van der Waals surface area contributed by atoms with Gasteiger partial charge < -0.3 is 22.3 Å². The molecule has 183 valence electrons. The molecule has 33 heavy (non-hydrogen) atoms. The molecule has 0 aliphatic heterocycles. The summed E-state index contributed by atoms with van der Waals surface area (Å²) in [6.45, 7) is 18.0. The maximum Gasteiger partial charge on any atom is 0.0372 e. The topological polar surface area (TPSA) is 38.7 Å². The van der Waals surface area contributed by atoms with Crippen LogP contribution in [-0.4, -0.2) is 15.0 Å². The zero-order valence-corrected chi connectivity index (χ0v) is 32.0. The molecule has 0 aliphatic carbocycles. The fourth-order valence-electron chi connectivity index (χ4n) is 1.32. The fraction of sp³-hybridized carbons (Fsp3) is 0.333. The van der Waals surface area contributed by atoms with E-state index in [4.69, 9.17) is 0 Å². The summed E-state index contributed by atoms with van der Waals surface area (Å²) in [5.74, 6) is 0. The molecule has 0 N–H and O–H groups in total. The van der Waals surface area contributed by atoms with E-state index >= 15 is 0 Å². The number of aromatic nitrogens is 3. The first-order valence-corrected chi connectivity index (χ1v) is 9.79. The van der Waals surface area contributed by atoms with E-state index in [1.807, 2.05) is 111 Å². The molecule has 3 aromatic rings. The Kier molecular flexibility index (Phi) is 96.5. The van der Waals surface area contributed by atoms with E-state index in [-0.39, 0.29) is 120 Å². The van der Waals surface area contributed by atoms with Crippen LogP contribution >= 0.6 is 0 Å². The Morgan fingerprint density at radius 3 is 1.15 bits per heavy atom. The van der Waals surface area contributed by atoms with Crippen molar-refractivity contribution >= 4 is 0 Å². The predicted molar refractivity (Wildman–Crippen MR) is 140 cm³/mol. The van der Waals surface area contributed by atoms with Gasteiger partial charge in [-0.25, -0.2) is 0 Å². The molecule has 0 spiro atoms. The van der Waals surface area contributed by atoms with Gasteiger partial charge in [0.25, 0.3) is 0 Å². The minimum atomic E-state index is 0. The van der Waals surface area contributed by atoms with Gasteiger partial charge in [-0.3, -0.25) is 15.0 Å². The van der Waals surface area contributed by atoms with Crippen molar-refractivity contribution < 1.29 is 98.1 Å². The summed E-state index contributed by atoms with van der Waals surface area (Å²) < 4.78 is 0. The van der Waals surface area contributed by atoms with Gasteiger partial charge in [-0.2, -0.15) is 0 Å². The number of aryl methyl sites for hydroxylation is 3. The molecule has 3 radical (unpaired) electrons. The average molecular weight is 681 g/mol. The summed E-state index contributed by atoms with van der Waals surface area (Å²) >= 11 is 0. The Balaban J connectivity index is -0.0000000310. The quantitative estimate of drug-likeness (QED) is 0.223. The second-order valence-corrected chi connectivity index (χ2v) is 4.53. The normalized spacial score (nSPS) is 6.09. The van der Waals surface area contributed by atoms with Crippen LogP contribution in [0.5, 0.6) is 0 Å². The summed E-state index contributed by atoms with van der Waals surface area (Å²) in [7, 11) is 0. The molecule has 3 aromatic heterocycles. The Labute approximate surface area is 284 Å². The van der Waals surface area contributed by atoms with Crippen LogP contribution in [0.1, 0.15) is 58.4 Å². The molecule has 0 fully saturated rings. The second-order valence-electron chi connectivity index (χ2n) is 4.53. The van der Waals surface area contributed by atoms with Gasteiger partial charge in [-0.15, -0.1) is 0 Å². The number of nitrogens with zero attached hydrogens (tertiary/aromatic N) is 3. The summed E-state index contributed by atoms with van der Waals surface area (Å²) in [5.41, 5.74) is 3.54. The molecular formula is C27H48N3Y3-3. The van der Waals surface area contributed by atoms with Crippen molar-refractivity contribution in [1.82, 2.24) is 15.0 Å². The van der Waals surface area contributed by atoms with E-state index in [2.05, 4.69) is 15.0 Å². The van der Waals surface area contributed by atoms with Gasteiger partial charge in [0.2, 0.25) is 0 Å². The van der Waals surface area contributed by atoms with E-state index in [1.54, 1.807) is 24.8 Å². The minimum absolute atomic E-state index is 0. The van der Waals surface area contributed by atoms with Crippen LogP contribution in [0.25, 0.3) is 0 Å². The first-order valence-electron chi connectivity index (χ1n) is 9.79. The van der Waals surface area contributed by atoms with Crippen LogP contribution in [-0.2, 0) is 98.1 Å². The Hall–Kier alpha value is 0.762. The van der Waals surface area contributed by atoms with Gasteiger partial charge >= 0.3 is 0 Å². The third kappa shape index (κ3) is 50.6. The molecule has 0 aliphatic rings. The smallest absolute Gasteiger partial charge is 0.0372 e. The molecule has 0 amide bonds. The maximum absolute atomic E-state index is 3.98. The first kappa shape index (κ1) is 59.1. The predicted octanol–water partition coefficient (Wildman–Crippen LogP) is 8.59. The molecule has 0 bridgehead atoms. The molecule has 0 atom stereocenters. The molecule has 3 heterocycles. The maximum atomic E-state index is 3.98.